The highest BCUT2D eigenvalue weighted by molar-refractivity contribution is 5.87. The summed E-state index contributed by atoms with van der Waals surface area (Å²) in [5.74, 6) is -0.756. The Kier molecular flexibility index (Phi) is 11.5. The van der Waals surface area contributed by atoms with Gasteiger partial charge in [0.2, 0.25) is 11.5 Å². The molecule has 160 valence electrons. The maximum absolute atomic E-state index is 11.8. The number of ether oxygens (including phenoxy) is 8. The van der Waals surface area contributed by atoms with E-state index >= 15 is 0 Å². The van der Waals surface area contributed by atoms with Gasteiger partial charge in [0.25, 0.3) is 0 Å². The average molecular weight is 404 g/mol. The molecule has 0 amide bonds. The molecule has 0 spiro atoms. The van der Waals surface area contributed by atoms with Crippen molar-refractivity contribution in [1.29, 1.82) is 0 Å². The molecular formula is C18H28O10. The van der Waals surface area contributed by atoms with Crippen molar-refractivity contribution < 1.29 is 47.5 Å². The molecule has 1 aliphatic rings. The van der Waals surface area contributed by atoms with E-state index in [0.29, 0.717) is 0 Å². The van der Waals surface area contributed by atoms with Gasteiger partial charge in [0.05, 0.1) is 40.6 Å². The Balaban J connectivity index is 2.72. The topological polar surface area (TPSA) is 108 Å². The summed E-state index contributed by atoms with van der Waals surface area (Å²) >= 11 is 0. The first-order chi connectivity index (χ1) is 13.5. The molecule has 0 aromatic rings. The molecule has 0 unspecified atom stereocenters. The molecule has 28 heavy (non-hydrogen) atoms. The second kappa shape index (κ2) is 13.7. The van der Waals surface area contributed by atoms with Gasteiger partial charge in [-0.1, -0.05) is 0 Å². The van der Waals surface area contributed by atoms with E-state index in [1.807, 2.05) is 0 Å². The molecule has 0 fully saturated rings. The van der Waals surface area contributed by atoms with Gasteiger partial charge in [-0.25, -0.2) is 9.59 Å². The summed E-state index contributed by atoms with van der Waals surface area (Å²) in [6.07, 6.45) is 0. The smallest absolute Gasteiger partial charge is 0.376 e. The second-order valence-corrected chi connectivity index (χ2v) is 5.37. The zero-order valence-electron chi connectivity index (χ0n) is 16.7. The van der Waals surface area contributed by atoms with E-state index in [4.69, 9.17) is 37.9 Å². The van der Waals surface area contributed by atoms with E-state index in [1.54, 1.807) is 13.8 Å². The molecule has 10 heteroatoms. The number of allylic oxidation sites excluding steroid dienone is 2. The van der Waals surface area contributed by atoms with Gasteiger partial charge in [-0.3, -0.25) is 0 Å². The average Bonchev–Trinajstić information content (AvgIpc) is 2.70. The van der Waals surface area contributed by atoms with Crippen molar-refractivity contribution >= 4 is 11.9 Å². The van der Waals surface area contributed by atoms with Crippen molar-refractivity contribution in [2.75, 3.05) is 67.1 Å². The highest BCUT2D eigenvalue weighted by atomic mass is 16.6. The van der Waals surface area contributed by atoms with Crippen molar-refractivity contribution in [3.05, 3.63) is 23.0 Å². The van der Waals surface area contributed by atoms with E-state index in [2.05, 4.69) is 0 Å². The van der Waals surface area contributed by atoms with Gasteiger partial charge in [-0.05, 0) is 13.8 Å². The minimum atomic E-state index is -0.638. The van der Waals surface area contributed by atoms with Gasteiger partial charge < -0.3 is 37.9 Å². The van der Waals surface area contributed by atoms with Crippen molar-refractivity contribution in [3.8, 4) is 0 Å². The largest absolute Gasteiger partial charge is 0.492 e. The van der Waals surface area contributed by atoms with Crippen molar-refractivity contribution in [2.45, 2.75) is 13.8 Å². The lowest BCUT2D eigenvalue weighted by molar-refractivity contribution is -0.142. The van der Waals surface area contributed by atoms with Gasteiger partial charge in [0.15, 0.2) is 0 Å². The van der Waals surface area contributed by atoms with Gasteiger partial charge in [0.1, 0.15) is 37.9 Å². The lowest BCUT2D eigenvalue weighted by Gasteiger charge is -2.15. The van der Waals surface area contributed by atoms with E-state index in [1.165, 1.54) is 14.2 Å². The number of rotatable bonds is 2. The lowest BCUT2D eigenvalue weighted by Crippen LogP contribution is -2.18. The van der Waals surface area contributed by atoms with Crippen molar-refractivity contribution in [1.82, 2.24) is 0 Å². The predicted molar refractivity (Wildman–Crippen MR) is 94.9 cm³/mol. The zero-order valence-corrected chi connectivity index (χ0v) is 16.7. The van der Waals surface area contributed by atoms with Crippen LogP contribution >= 0.6 is 0 Å². The Labute approximate surface area is 164 Å². The molecule has 0 bridgehead atoms. The fourth-order valence-corrected chi connectivity index (χ4v) is 2.04. The molecular weight excluding hydrogens is 376 g/mol. The van der Waals surface area contributed by atoms with E-state index < -0.39 is 11.9 Å². The molecule has 0 radical (unpaired) electrons. The molecule has 1 aliphatic heterocycles. The number of esters is 2. The third-order valence-electron chi connectivity index (χ3n) is 3.42. The fraction of sp³-hybridized carbons (Fsp3) is 0.667. The SMILES string of the molecule is COC(=O)/C1=C(\C)OCCOCCO/C(C(=O)OC)=C(/C)OCCOCCO1. The predicted octanol–water partition coefficient (Wildman–Crippen LogP) is 0.909. The minimum absolute atomic E-state index is 0.0201. The molecule has 1 rings (SSSR count). The Morgan fingerprint density at radius 1 is 0.607 bits per heavy atom. The molecule has 0 aliphatic carbocycles. The molecule has 0 saturated carbocycles. The van der Waals surface area contributed by atoms with Crippen LogP contribution in [0.15, 0.2) is 23.0 Å². The van der Waals surface area contributed by atoms with Crippen LogP contribution in [0.1, 0.15) is 13.8 Å². The Morgan fingerprint density at radius 2 is 0.929 bits per heavy atom. The van der Waals surface area contributed by atoms with Crippen LogP contribution in [0.25, 0.3) is 0 Å². The summed E-state index contributed by atoms with van der Waals surface area (Å²) in [4.78, 5) is 23.6. The van der Waals surface area contributed by atoms with Gasteiger partial charge in [0, 0.05) is 0 Å². The molecule has 0 saturated heterocycles. The number of hydrogen-bond donors (Lipinski definition) is 0. The van der Waals surface area contributed by atoms with E-state index in [-0.39, 0.29) is 75.9 Å². The third-order valence-corrected chi connectivity index (χ3v) is 3.42. The van der Waals surface area contributed by atoms with Gasteiger partial charge >= 0.3 is 11.9 Å². The monoisotopic (exact) mass is 404 g/mol. The molecule has 0 N–H and O–H groups in total. The summed E-state index contributed by atoms with van der Waals surface area (Å²) in [6, 6.07) is 0. The maximum atomic E-state index is 11.8. The number of carbonyl (C=O) groups excluding carboxylic acids is 2. The van der Waals surface area contributed by atoms with Crippen LogP contribution in [-0.2, 0) is 47.5 Å². The Morgan fingerprint density at radius 3 is 1.25 bits per heavy atom. The van der Waals surface area contributed by atoms with Crippen molar-refractivity contribution in [3.63, 3.8) is 0 Å². The lowest BCUT2D eigenvalue weighted by atomic mass is 10.4. The summed E-state index contributed by atoms with van der Waals surface area (Å²) in [6.45, 7) is 4.71. The summed E-state index contributed by atoms with van der Waals surface area (Å²) in [5, 5.41) is 0. The Bertz CT molecular complexity index is 517. The highest BCUT2D eigenvalue weighted by Crippen LogP contribution is 2.11. The van der Waals surface area contributed by atoms with Crippen LogP contribution in [-0.4, -0.2) is 79.0 Å². The van der Waals surface area contributed by atoms with Crippen LogP contribution in [0, 0.1) is 0 Å². The van der Waals surface area contributed by atoms with E-state index in [0.717, 1.165) is 0 Å². The first kappa shape index (κ1) is 23.6. The Hall–Kier alpha value is -2.46. The molecule has 0 aromatic carbocycles. The first-order valence-electron chi connectivity index (χ1n) is 8.76. The second-order valence-electron chi connectivity index (χ2n) is 5.37. The molecule has 1 heterocycles. The van der Waals surface area contributed by atoms with Crippen molar-refractivity contribution in [2.24, 2.45) is 0 Å². The van der Waals surface area contributed by atoms with Crippen LogP contribution in [0.4, 0.5) is 0 Å². The first-order valence-corrected chi connectivity index (χ1v) is 8.76. The zero-order chi connectivity index (χ0) is 20.8. The van der Waals surface area contributed by atoms with Crippen LogP contribution < -0.4 is 0 Å². The molecule has 0 aromatic heterocycles. The normalized spacial score (nSPS) is 23.6. The molecule has 0 atom stereocenters. The number of carbonyl (C=O) groups is 2. The van der Waals surface area contributed by atoms with Crippen LogP contribution in [0.3, 0.4) is 0 Å². The van der Waals surface area contributed by atoms with Gasteiger partial charge in [-0.15, -0.1) is 0 Å². The highest BCUT2D eigenvalue weighted by Gasteiger charge is 2.18. The standard InChI is InChI=1S/C18H28O10/c1-13-15(17(19)21-3)27-11-7-24-6-10-26-14(2)16(18(20)22-4)28-12-8-23-5-9-25-13/h5-12H2,1-4H3/b15-13-,16-14-. The summed E-state index contributed by atoms with van der Waals surface area (Å²) < 4.78 is 41.9. The third kappa shape index (κ3) is 8.49. The maximum Gasteiger partial charge on any atom is 0.376 e. The number of methoxy groups -OCH3 is 2. The minimum Gasteiger partial charge on any atom is -0.492 e. The van der Waals surface area contributed by atoms with Crippen LogP contribution in [0.5, 0.6) is 0 Å². The van der Waals surface area contributed by atoms with Gasteiger partial charge in [-0.2, -0.15) is 0 Å². The summed E-state index contributed by atoms with van der Waals surface area (Å²) in [7, 11) is 2.51. The number of hydrogen-bond acceptors (Lipinski definition) is 10. The van der Waals surface area contributed by atoms with Crippen LogP contribution in [0.2, 0.25) is 0 Å². The fourth-order valence-electron chi connectivity index (χ4n) is 2.04. The molecule has 10 nitrogen and oxygen atoms in total. The summed E-state index contributed by atoms with van der Waals surface area (Å²) in [5.41, 5.74) is 0. The van der Waals surface area contributed by atoms with E-state index in [9.17, 15) is 9.59 Å². The quantitative estimate of drug-likeness (QED) is 0.616.